The maximum Gasteiger partial charge on any atom is 0.297 e. The van der Waals surface area contributed by atoms with Crippen LogP contribution in [0.5, 0.6) is 0 Å². The molecule has 10 heteroatoms. The predicted octanol–water partition coefficient (Wildman–Crippen LogP) is 5.80. The van der Waals surface area contributed by atoms with E-state index in [1.165, 1.54) is 23.5 Å². The molecule has 2 heterocycles. The van der Waals surface area contributed by atoms with Crippen molar-refractivity contribution in [2.24, 2.45) is 12.0 Å². The molecule has 180 valence electrons. The maximum absolute atomic E-state index is 13.5. The van der Waals surface area contributed by atoms with E-state index in [0.29, 0.717) is 32.5 Å². The molecule has 0 atom stereocenters. The molecule has 0 N–H and O–H groups in total. The average Bonchev–Trinajstić information content (AvgIpc) is 3.39. The number of aromatic nitrogens is 3. The van der Waals surface area contributed by atoms with E-state index in [-0.39, 0.29) is 11.2 Å². The lowest BCUT2D eigenvalue weighted by atomic mass is 10.1. The summed E-state index contributed by atoms with van der Waals surface area (Å²) in [5, 5.41) is 13.8. The molecule has 36 heavy (non-hydrogen) atoms. The second-order valence-electron chi connectivity index (χ2n) is 8.04. The zero-order valence-electron chi connectivity index (χ0n) is 19.3. The second kappa shape index (κ2) is 9.44. The molecule has 0 unspecified atom stereocenters. The second-order valence-corrected chi connectivity index (χ2v) is 9.32. The number of nitrogens with zero attached hydrogens (tertiary/aromatic N) is 5. The molecule has 0 aliphatic carbocycles. The largest absolute Gasteiger partial charge is 0.297 e. The minimum atomic E-state index is -0.423. The lowest BCUT2D eigenvalue weighted by molar-refractivity contribution is -0.384. The number of benzene rings is 3. The van der Waals surface area contributed by atoms with E-state index in [0.717, 1.165) is 11.4 Å². The van der Waals surface area contributed by atoms with Gasteiger partial charge in [0, 0.05) is 40.8 Å². The summed E-state index contributed by atoms with van der Waals surface area (Å²) in [7, 11) is 1.82. The van der Waals surface area contributed by atoms with Gasteiger partial charge in [-0.15, -0.1) is 11.3 Å². The van der Waals surface area contributed by atoms with Crippen molar-refractivity contribution in [1.82, 2.24) is 13.9 Å². The Morgan fingerprint density at radius 1 is 0.972 bits per heavy atom. The first-order chi connectivity index (χ1) is 17.3. The SMILES string of the molecule is Cc1c(N=c2scc(-c3cccc([N+](=O)[O-])c3)n2-c2ccc(Cl)cc2)c(=O)n(-c2ccccc2)n1C. The summed E-state index contributed by atoms with van der Waals surface area (Å²) in [5.41, 5.74) is 3.64. The third-order valence-corrected chi connectivity index (χ3v) is 6.95. The van der Waals surface area contributed by atoms with Gasteiger partial charge in [0.2, 0.25) is 0 Å². The quantitative estimate of drug-likeness (QED) is 0.218. The molecule has 0 bridgehead atoms. The lowest BCUT2D eigenvalue weighted by Crippen LogP contribution is -2.20. The Bertz CT molecular complexity index is 1710. The van der Waals surface area contributed by atoms with Gasteiger partial charge in [-0.1, -0.05) is 41.9 Å². The van der Waals surface area contributed by atoms with E-state index in [2.05, 4.69) is 0 Å². The van der Waals surface area contributed by atoms with Gasteiger partial charge in [0.1, 0.15) is 0 Å². The summed E-state index contributed by atoms with van der Waals surface area (Å²) in [5.74, 6) is 0. The van der Waals surface area contributed by atoms with Crippen LogP contribution in [0.3, 0.4) is 0 Å². The fourth-order valence-corrected chi connectivity index (χ4v) is 5.03. The number of hydrogen-bond acceptors (Lipinski definition) is 5. The predicted molar refractivity (Wildman–Crippen MR) is 142 cm³/mol. The monoisotopic (exact) mass is 517 g/mol. The van der Waals surface area contributed by atoms with Crippen LogP contribution in [-0.2, 0) is 7.05 Å². The molecule has 0 radical (unpaired) electrons. The summed E-state index contributed by atoms with van der Waals surface area (Å²) in [4.78, 5) is 29.8. The number of nitro groups is 1. The van der Waals surface area contributed by atoms with Gasteiger partial charge in [0.05, 0.1) is 22.0 Å². The van der Waals surface area contributed by atoms with Crippen LogP contribution >= 0.6 is 22.9 Å². The standard InChI is InChI=1S/C26H20ClN5O3S/c1-17-24(25(33)31(29(17)2)21-8-4-3-5-9-21)28-26-30(20-13-11-19(27)12-14-20)23(16-36-26)18-7-6-10-22(15-18)32(34)35/h3-16H,1-2H3. The van der Waals surface area contributed by atoms with E-state index < -0.39 is 4.92 Å². The van der Waals surface area contributed by atoms with E-state index in [1.54, 1.807) is 33.6 Å². The van der Waals surface area contributed by atoms with Gasteiger partial charge in [0.15, 0.2) is 10.5 Å². The molecule has 0 saturated heterocycles. The van der Waals surface area contributed by atoms with Gasteiger partial charge in [0.25, 0.3) is 11.2 Å². The van der Waals surface area contributed by atoms with Gasteiger partial charge < -0.3 is 0 Å². The molecule has 0 fully saturated rings. The molecule has 8 nitrogen and oxygen atoms in total. The molecule has 0 spiro atoms. The number of rotatable bonds is 5. The number of hydrogen-bond donors (Lipinski definition) is 0. The Kier molecular flexibility index (Phi) is 6.17. The number of non-ortho nitro benzene ring substituents is 1. The Balaban J connectivity index is 1.76. The molecular formula is C26H20ClN5O3S. The molecule has 2 aromatic heterocycles. The Morgan fingerprint density at radius 2 is 1.69 bits per heavy atom. The third kappa shape index (κ3) is 4.19. The fraction of sp³-hybridized carbons (Fsp3) is 0.0769. The van der Waals surface area contributed by atoms with Crippen LogP contribution in [-0.4, -0.2) is 18.9 Å². The lowest BCUT2D eigenvalue weighted by Gasteiger charge is -2.09. The van der Waals surface area contributed by atoms with E-state index in [4.69, 9.17) is 16.6 Å². The summed E-state index contributed by atoms with van der Waals surface area (Å²) < 4.78 is 5.23. The van der Waals surface area contributed by atoms with Crippen molar-refractivity contribution >= 4 is 34.3 Å². The van der Waals surface area contributed by atoms with Crippen molar-refractivity contribution in [3.8, 4) is 22.6 Å². The van der Waals surface area contributed by atoms with Crippen LogP contribution < -0.4 is 10.4 Å². The molecule has 5 aromatic rings. The smallest absolute Gasteiger partial charge is 0.285 e. The summed E-state index contributed by atoms with van der Waals surface area (Å²) in [6, 6.07) is 23.0. The van der Waals surface area contributed by atoms with E-state index >= 15 is 0 Å². The van der Waals surface area contributed by atoms with Crippen LogP contribution in [0.1, 0.15) is 5.69 Å². The fourth-order valence-electron chi connectivity index (χ4n) is 3.99. The van der Waals surface area contributed by atoms with Crippen molar-refractivity contribution in [2.45, 2.75) is 6.92 Å². The van der Waals surface area contributed by atoms with Crippen molar-refractivity contribution in [3.05, 3.63) is 120 Å². The van der Waals surface area contributed by atoms with Gasteiger partial charge in [-0.25, -0.2) is 9.67 Å². The highest BCUT2D eigenvalue weighted by Crippen LogP contribution is 2.28. The number of halogens is 1. The number of nitro benzene ring substituents is 1. The van der Waals surface area contributed by atoms with Gasteiger partial charge in [-0.2, -0.15) is 0 Å². The van der Waals surface area contributed by atoms with Crippen LogP contribution in [0.2, 0.25) is 5.02 Å². The first-order valence-corrected chi connectivity index (χ1v) is 12.2. The van der Waals surface area contributed by atoms with Crippen LogP contribution in [0.4, 0.5) is 11.4 Å². The molecule has 0 amide bonds. The Hall–Kier alpha value is -4.21. The highest BCUT2D eigenvalue weighted by molar-refractivity contribution is 7.07. The summed E-state index contributed by atoms with van der Waals surface area (Å²) >= 11 is 7.47. The molecule has 3 aromatic carbocycles. The molecular weight excluding hydrogens is 498 g/mol. The zero-order valence-corrected chi connectivity index (χ0v) is 20.9. The molecule has 0 saturated carbocycles. The molecule has 0 aliphatic heterocycles. The third-order valence-electron chi connectivity index (χ3n) is 5.88. The summed E-state index contributed by atoms with van der Waals surface area (Å²) in [6.07, 6.45) is 0. The van der Waals surface area contributed by atoms with Gasteiger partial charge >= 0.3 is 0 Å². The first-order valence-electron chi connectivity index (χ1n) is 10.9. The molecule has 0 aliphatic rings. The first kappa shape index (κ1) is 23.5. The van der Waals surface area contributed by atoms with Gasteiger partial charge in [-0.3, -0.25) is 24.2 Å². The van der Waals surface area contributed by atoms with E-state index in [1.807, 2.05) is 66.4 Å². The zero-order chi connectivity index (χ0) is 25.4. The van der Waals surface area contributed by atoms with Gasteiger partial charge in [-0.05, 0) is 43.3 Å². The number of thiazole rings is 1. The van der Waals surface area contributed by atoms with Crippen LogP contribution in [0.15, 0.2) is 94.0 Å². The normalized spacial score (nSPS) is 11.7. The highest BCUT2D eigenvalue weighted by atomic mass is 35.5. The topological polar surface area (TPSA) is 87.4 Å². The minimum absolute atomic E-state index is 0.00973. The van der Waals surface area contributed by atoms with Crippen molar-refractivity contribution < 1.29 is 4.92 Å². The summed E-state index contributed by atoms with van der Waals surface area (Å²) in [6.45, 7) is 1.85. The number of para-hydroxylation sites is 1. The molecule has 5 rings (SSSR count). The average molecular weight is 518 g/mol. The van der Waals surface area contributed by atoms with Crippen LogP contribution in [0, 0.1) is 17.0 Å². The van der Waals surface area contributed by atoms with Crippen molar-refractivity contribution in [2.75, 3.05) is 0 Å². The van der Waals surface area contributed by atoms with E-state index in [9.17, 15) is 14.9 Å². The van der Waals surface area contributed by atoms with Crippen molar-refractivity contribution in [1.29, 1.82) is 0 Å². The Morgan fingerprint density at radius 3 is 2.39 bits per heavy atom. The Labute approximate surface area is 214 Å². The maximum atomic E-state index is 13.5. The highest BCUT2D eigenvalue weighted by Gasteiger charge is 2.18. The van der Waals surface area contributed by atoms with Crippen molar-refractivity contribution in [3.63, 3.8) is 0 Å². The van der Waals surface area contributed by atoms with Crippen LogP contribution in [0.25, 0.3) is 22.6 Å². The minimum Gasteiger partial charge on any atom is -0.285 e.